The third-order valence-corrected chi connectivity index (χ3v) is 4.84. The van der Waals surface area contributed by atoms with Crippen LogP contribution in [0, 0.1) is 0 Å². The molecule has 0 saturated carbocycles. The van der Waals surface area contributed by atoms with E-state index in [2.05, 4.69) is 11.1 Å². The van der Waals surface area contributed by atoms with E-state index in [0.29, 0.717) is 6.42 Å². The Bertz CT molecular complexity index is 509. The summed E-state index contributed by atoms with van der Waals surface area (Å²) in [5.74, 6) is 0.927. The van der Waals surface area contributed by atoms with E-state index < -0.39 is 0 Å². The van der Waals surface area contributed by atoms with Crippen LogP contribution in [-0.2, 0) is 4.79 Å². The van der Waals surface area contributed by atoms with Crippen molar-refractivity contribution in [2.75, 3.05) is 5.75 Å². The van der Waals surface area contributed by atoms with Crippen molar-refractivity contribution in [2.45, 2.75) is 6.42 Å². The molecule has 3 heterocycles. The van der Waals surface area contributed by atoms with Crippen molar-refractivity contribution in [1.82, 2.24) is 0 Å². The zero-order valence-electron chi connectivity index (χ0n) is 8.47. The van der Waals surface area contributed by atoms with Crippen LogP contribution in [0.25, 0.3) is 0 Å². The molecular weight excluding hydrogens is 238 g/mol. The van der Waals surface area contributed by atoms with E-state index in [4.69, 9.17) is 0 Å². The fraction of sp³-hybridized carbons (Fsp3) is 0.167. The molecule has 0 aliphatic carbocycles. The average Bonchev–Trinajstić information content (AvgIpc) is 2.46. The molecule has 0 aromatic carbocycles. The molecule has 3 rings (SSSR count). The minimum absolute atomic E-state index is 0.254. The SMILES string of the molecule is O=C1CC2=C(SCC=C3C=CN=CC=C32)S1. The number of thioether (sulfide) groups is 2. The molecule has 0 aromatic heterocycles. The molecule has 4 heteroatoms. The second-order valence-corrected chi connectivity index (χ2v) is 5.94. The van der Waals surface area contributed by atoms with Gasteiger partial charge in [0, 0.05) is 24.6 Å². The molecule has 0 bridgehead atoms. The van der Waals surface area contributed by atoms with Gasteiger partial charge in [0.25, 0.3) is 0 Å². The van der Waals surface area contributed by atoms with Crippen LogP contribution >= 0.6 is 23.5 Å². The number of carbonyl (C=O) groups excluding carboxylic acids is 1. The van der Waals surface area contributed by atoms with Crippen molar-refractivity contribution in [3.05, 3.63) is 45.4 Å². The summed E-state index contributed by atoms with van der Waals surface area (Å²) >= 11 is 3.14. The fourth-order valence-electron chi connectivity index (χ4n) is 1.88. The van der Waals surface area contributed by atoms with Crippen molar-refractivity contribution in [2.24, 2.45) is 4.99 Å². The highest BCUT2D eigenvalue weighted by Crippen LogP contribution is 2.47. The summed E-state index contributed by atoms with van der Waals surface area (Å²) in [6.07, 6.45) is 10.4. The minimum Gasteiger partial charge on any atom is -0.286 e. The van der Waals surface area contributed by atoms with E-state index in [0.717, 1.165) is 11.3 Å². The lowest BCUT2D eigenvalue weighted by atomic mass is 9.97. The molecule has 0 unspecified atom stereocenters. The highest BCUT2D eigenvalue weighted by Gasteiger charge is 2.28. The Morgan fingerprint density at radius 3 is 3.25 bits per heavy atom. The van der Waals surface area contributed by atoms with Crippen molar-refractivity contribution in [3.8, 4) is 0 Å². The van der Waals surface area contributed by atoms with E-state index in [9.17, 15) is 4.79 Å². The van der Waals surface area contributed by atoms with Gasteiger partial charge in [-0.1, -0.05) is 6.08 Å². The van der Waals surface area contributed by atoms with Gasteiger partial charge >= 0.3 is 0 Å². The first-order valence-electron chi connectivity index (χ1n) is 5.02. The Morgan fingerprint density at radius 1 is 1.38 bits per heavy atom. The highest BCUT2D eigenvalue weighted by atomic mass is 32.2. The number of carbonyl (C=O) groups is 1. The fourth-order valence-corrected chi connectivity index (χ4v) is 4.09. The Balaban J connectivity index is 2.11. The maximum absolute atomic E-state index is 11.5. The van der Waals surface area contributed by atoms with Crippen molar-refractivity contribution in [3.63, 3.8) is 0 Å². The van der Waals surface area contributed by atoms with Gasteiger partial charge in [0.15, 0.2) is 5.12 Å². The zero-order chi connectivity index (χ0) is 11.0. The Kier molecular flexibility index (Phi) is 2.61. The molecule has 3 aliphatic rings. The van der Waals surface area contributed by atoms with Gasteiger partial charge in [-0.2, -0.15) is 0 Å². The number of nitrogens with zero attached hydrogens (tertiary/aromatic N) is 1. The quantitative estimate of drug-likeness (QED) is 0.659. The summed E-state index contributed by atoms with van der Waals surface area (Å²) in [6.45, 7) is 0. The van der Waals surface area contributed by atoms with E-state index in [1.807, 2.05) is 12.2 Å². The molecule has 0 atom stereocenters. The van der Waals surface area contributed by atoms with Crippen molar-refractivity contribution in [1.29, 1.82) is 0 Å². The van der Waals surface area contributed by atoms with Crippen LogP contribution in [0.2, 0.25) is 0 Å². The third-order valence-electron chi connectivity index (χ3n) is 2.60. The molecular formula is C12H9NOS2. The van der Waals surface area contributed by atoms with Crippen LogP contribution in [-0.4, -0.2) is 17.1 Å². The van der Waals surface area contributed by atoms with Crippen LogP contribution in [0.15, 0.2) is 50.4 Å². The summed E-state index contributed by atoms with van der Waals surface area (Å²) in [5, 5.41) is 0.254. The van der Waals surface area contributed by atoms with E-state index >= 15 is 0 Å². The van der Waals surface area contributed by atoms with Gasteiger partial charge in [0.1, 0.15) is 0 Å². The van der Waals surface area contributed by atoms with Crippen LogP contribution in [0.4, 0.5) is 0 Å². The molecule has 0 radical (unpaired) electrons. The molecule has 0 aromatic rings. The van der Waals surface area contributed by atoms with Crippen LogP contribution in [0.3, 0.4) is 0 Å². The largest absolute Gasteiger partial charge is 0.286 e. The molecule has 0 N–H and O–H groups in total. The van der Waals surface area contributed by atoms with Crippen LogP contribution in [0.1, 0.15) is 6.42 Å². The van der Waals surface area contributed by atoms with Gasteiger partial charge in [-0.25, -0.2) is 0 Å². The molecule has 0 amide bonds. The lowest BCUT2D eigenvalue weighted by molar-refractivity contribution is -0.110. The summed E-state index contributed by atoms with van der Waals surface area (Å²) in [7, 11) is 0. The number of allylic oxidation sites excluding steroid dienone is 5. The van der Waals surface area contributed by atoms with E-state index in [1.165, 1.54) is 27.1 Å². The molecule has 80 valence electrons. The lowest BCUT2D eigenvalue weighted by Gasteiger charge is -2.06. The second kappa shape index (κ2) is 4.11. The highest BCUT2D eigenvalue weighted by molar-refractivity contribution is 8.30. The molecule has 3 aliphatic heterocycles. The van der Waals surface area contributed by atoms with Gasteiger partial charge in [-0.05, 0) is 40.6 Å². The van der Waals surface area contributed by atoms with Crippen LogP contribution < -0.4 is 0 Å². The summed E-state index contributed by atoms with van der Waals surface area (Å²) in [4.78, 5) is 15.6. The standard InChI is InChI=1S/C12H9NOS2/c14-11-7-10-9-2-5-13-4-1-8(9)3-6-15-12(10)16-11/h1-5H,6-7H2. The number of fused-ring (bicyclic) bond motifs is 2. The average molecular weight is 247 g/mol. The predicted molar refractivity (Wildman–Crippen MR) is 70.5 cm³/mol. The maximum Gasteiger partial charge on any atom is 0.198 e. The summed E-state index contributed by atoms with van der Waals surface area (Å²) in [5.41, 5.74) is 3.53. The molecule has 16 heavy (non-hydrogen) atoms. The first-order chi connectivity index (χ1) is 7.84. The lowest BCUT2D eigenvalue weighted by Crippen LogP contribution is -1.93. The van der Waals surface area contributed by atoms with Gasteiger partial charge in [-0.15, -0.1) is 11.8 Å². The maximum atomic E-state index is 11.5. The van der Waals surface area contributed by atoms with Gasteiger partial charge < -0.3 is 0 Å². The first-order valence-corrected chi connectivity index (χ1v) is 6.82. The predicted octanol–water partition coefficient (Wildman–Crippen LogP) is 3.06. The molecule has 0 saturated heterocycles. The second-order valence-electron chi connectivity index (χ2n) is 3.58. The number of aliphatic imine (C=N–C) groups is 1. The Morgan fingerprint density at radius 2 is 2.31 bits per heavy atom. The van der Waals surface area contributed by atoms with E-state index in [1.54, 1.807) is 24.2 Å². The third kappa shape index (κ3) is 1.72. The van der Waals surface area contributed by atoms with Gasteiger partial charge in [0.05, 0.1) is 4.24 Å². The molecule has 2 nitrogen and oxygen atoms in total. The minimum atomic E-state index is 0.254. The Labute approximate surface area is 102 Å². The van der Waals surface area contributed by atoms with Crippen LogP contribution in [0.5, 0.6) is 0 Å². The van der Waals surface area contributed by atoms with Gasteiger partial charge in [-0.3, -0.25) is 9.79 Å². The van der Waals surface area contributed by atoms with Crippen molar-refractivity contribution < 1.29 is 4.79 Å². The summed E-state index contributed by atoms with van der Waals surface area (Å²) < 4.78 is 1.17. The summed E-state index contributed by atoms with van der Waals surface area (Å²) in [6, 6.07) is 0. The number of rotatable bonds is 0. The van der Waals surface area contributed by atoms with E-state index in [-0.39, 0.29) is 5.12 Å². The molecule has 0 spiro atoms. The smallest absolute Gasteiger partial charge is 0.198 e. The van der Waals surface area contributed by atoms with Crippen molar-refractivity contribution >= 4 is 34.9 Å². The van der Waals surface area contributed by atoms with Gasteiger partial charge in [0.2, 0.25) is 0 Å². The zero-order valence-corrected chi connectivity index (χ0v) is 10.1. The number of hydrogen-bond donors (Lipinski definition) is 0. The monoisotopic (exact) mass is 247 g/mol. The topological polar surface area (TPSA) is 29.4 Å². The molecule has 0 fully saturated rings. The normalized spacial score (nSPS) is 23.4. The number of hydrogen-bond acceptors (Lipinski definition) is 4. The first kappa shape index (κ1) is 10.2. The Hall–Kier alpha value is -1.00.